The maximum absolute atomic E-state index is 5.87. The molecule has 22 heavy (non-hydrogen) atoms. The molecule has 126 valence electrons. The van der Waals surface area contributed by atoms with Gasteiger partial charge in [0.15, 0.2) is 0 Å². The van der Waals surface area contributed by atoms with Crippen molar-refractivity contribution < 1.29 is 9.47 Å². The third-order valence-electron chi connectivity index (χ3n) is 3.22. The van der Waals surface area contributed by atoms with Gasteiger partial charge in [-0.3, -0.25) is 0 Å². The van der Waals surface area contributed by atoms with E-state index in [-0.39, 0.29) is 0 Å². The summed E-state index contributed by atoms with van der Waals surface area (Å²) >= 11 is 0. The number of rotatable bonds is 12. The second-order valence-electron chi connectivity index (χ2n) is 5.30. The van der Waals surface area contributed by atoms with E-state index in [4.69, 9.17) is 20.9 Å². The molecule has 6 heteroatoms. The molecule has 5 N–H and O–H groups in total. The van der Waals surface area contributed by atoms with Gasteiger partial charge < -0.3 is 31.2 Å². The van der Waals surface area contributed by atoms with Crippen molar-refractivity contribution in [3.8, 4) is 0 Å². The largest absolute Gasteiger partial charge is 0.399 e. The molecule has 0 radical (unpaired) electrons. The SMILES string of the molecule is CCCOCCN(C)CCOCCNc1ccc(N)cc1N. The number of nitrogens with two attached hydrogens (primary N) is 2. The molecule has 0 saturated heterocycles. The second kappa shape index (κ2) is 11.1. The Labute approximate surface area is 133 Å². The highest BCUT2D eigenvalue weighted by molar-refractivity contribution is 5.70. The number of benzene rings is 1. The van der Waals surface area contributed by atoms with Crippen molar-refractivity contribution in [3.63, 3.8) is 0 Å². The minimum absolute atomic E-state index is 0.643. The smallest absolute Gasteiger partial charge is 0.0639 e. The lowest BCUT2D eigenvalue weighted by Gasteiger charge is -2.16. The number of nitrogens with zero attached hydrogens (tertiary/aromatic N) is 1. The molecule has 0 aromatic heterocycles. The van der Waals surface area contributed by atoms with Crippen LogP contribution in [0.3, 0.4) is 0 Å². The number of nitrogen functional groups attached to an aromatic ring is 2. The zero-order valence-electron chi connectivity index (χ0n) is 13.8. The molecule has 6 nitrogen and oxygen atoms in total. The van der Waals surface area contributed by atoms with Gasteiger partial charge in [-0.05, 0) is 31.7 Å². The Hall–Kier alpha value is -1.50. The quantitative estimate of drug-likeness (QED) is 0.402. The monoisotopic (exact) mass is 310 g/mol. The predicted molar refractivity (Wildman–Crippen MR) is 93.2 cm³/mol. The van der Waals surface area contributed by atoms with E-state index in [9.17, 15) is 0 Å². The Balaban J connectivity index is 2.01. The Morgan fingerprint density at radius 1 is 1.05 bits per heavy atom. The van der Waals surface area contributed by atoms with Crippen molar-refractivity contribution in [2.45, 2.75) is 13.3 Å². The van der Waals surface area contributed by atoms with Crippen molar-refractivity contribution >= 4 is 17.1 Å². The van der Waals surface area contributed by atoms with Crippen LogP contribution in [0.15, 0.2) is 18.2 Å². The summed E-state index contributed by atoms with van der Waals surface area (Å²) in [7, 11) is 2.08. The number of anilines is 3. The fourth-order valence-corrected chi connectivity index (χ4v) is 1.90. The van der Waals surface area contributed by atoms with Crippen LogP contribution in [0.4, 0.5) is 17.1 Å². The standard InChI is InChI=1S/C16H30N4O2/c1-3-9-21-11-7-20(2)8-12-22-10-6-19-16-5-4-14(17)13-15(16)18/h4-5,13,19H,3,6-12,17-18H2,1-2H3. The van der Waals surface area contributed by atoms with Crippen LogP contribution in [-0.2, 0) is 9.47 Å². The Kier molecular flexibility index (Phi) is 9.37. The molecule has 0 aliphatic heterocycles. The van der Waals surface area contributed by atoms with E-state index in [1.807, 2.05) is 12.1 Å². The van der Waals surface area contributed by atoms with E-state index in [0.29, 0.717) is 24.6 Å². The maximum Gasteiger partial charge on any atom is 0.0639 e. The summed E-state index contributed by atoms with van der Waals surface area (Å²) in [4.78, 5) is 2.21. The number of nitrogens with one attached hydrogen (secondary N) is 1. The summed E-state index contributed by atoms with van der Waals surface area (Å²) in [6.45, 7) is 7.64. The summed E-state index contributed by atoms with van der Waals surface area (Å²) < 4.78 is 11.1. The van der Waals surface area contributed by atoms with Crippen molar-refractivity contribution in [1.29, 1.82) is 0 Å². The molecule has 1 rings (SSSR count). The van der Waals surface area contributed by atoms with E-state index >= 15 is 0 Å². The van der Waals surface area contributed by atoms with Crippen LogP contribution in [-0.4, -0.2) is 58.0 Å². The lowest BCUT2D eigenvalue weighted by atomic mass is 10.2. The van der Waals surface area contributed by atoms with Crippen molar-refractivity contribution in [3.05, 3.63) is 18.2 Å². The van der Waals surface area contributed by atoms with Gasteiger partial charge in [0.05, 0.1) is 31.2 Å². The normalized spacial score (nSPS) is 11.0. The number of likely N-dealkylation sites (N-methyl/N-ethyl adjacent to an activating group) is 1. The Morgan fingerprint density at radius 2 is 1.73 bits per heavy atom. The summed E-state index contributed by atoms with van der Waals surface area (Å²) in [5, 5.41) is 3.24. The molecular weight excluding hydrogens is 280 g/mol. The van der Waals surface area contributed by atoms with Crippen molar-refractivity contribution in [1.82, 2.24) is 4.90 Å². The first kappa shape index (κ1) is 18.5. The molecular formula is C16H30N4O2. The van der Waals surface area contributed by atoms with Crippen LogP contribution in [0.5, 0.6) is 0 Å². The van der Waals surface area contributed by atoms with Gasteiger partial charge in [0.25, 0.3) is 0 Å². The highest BCUT2D eigenvalue weighted by Gasteiger charge is 2.00. The zero-order valence-corrected chi connectivity index (χ0v) is 13.8. The molecule has 0 atom stereocenters. The molecule has 0 bridgehead atoms. The van der Waals surface area contributed by atoms with E-state index in [1.165, 1.54) is 0 Å². The molecule has 0 amide bonds. The molecule has 1 aromatic carbocycles. The average molecular weight is 310 g/mol. The summed E-state index contributed by atoms with van der Waals surface area (Å²) in [5.74, 6) is 0. The van der Waals surface area contributed by atoms with Gasteiger partial charge in [-0.1, -0.05) is 6.92 Å². The highest BCUT2D eigenvalue weighted by atomic mass is 16.5. The first-order chi connectivity index (χ1) is 10.6. The van der Waals surface area contributed by atoms with E-state index in [0.717, 1.165) is 45.0 Å². The predicted octanol–water partition coefficient (Wildman–Crippen LogP) is 1.64. The Morgan fingerprint density at radius 3 is 2.36 bits per heavy atom. The van der Waals surface area contributed by atoms with Crippen LogP contribution in [0, 0.1) is 0 Å². The summed E-state index contributed by atoms with van der Waals surface area (Å²) in [6.07, 6.45) is 1.07. The summed E-state index contributed by atoms with van der Waals surface area (Å²) in [5.41, 5.74) is 13.7. The topological polar surface area (TPSA) is 85.8 Å². The fraction of sp³-hybridized carbons (Fsp3) is 0.625. The molecule has 0 heterocycles. The minimum Gasteiger partial charge on any atom is -0.399 e. The number of hydrogen-bond donors (Lipinski definition) is 3. The molecule has 0 aliphatic rings. The number of ether oxygens (including phenoxy) is 2. The molecule has 0 spiro atoms. The van der Waals surface area contributed by atoms with Crippen molar-refractivity contribution in [2.75, 3.05) is 69.9 Å². The highest BCUT2D eigenvalue weighted by Crippen LogP contribution is 2.20. The lowest BCUT2D eigenvalue weighted by Crippen LogP contribution is -2.27. The van der Waals surface area contributed by atoms with Gasteiger partial charge in [0.2, 0.25) is 0 Å². The van der Waals surface area contributed by atoms with Crippen LogP contribution in [0.25, 0.3) is 0 Å². The van der Waals surface area contributed by atoms with Crippen LogP contribution in [0.1, 0.15) is 13.3 Å². The second-order valence-corrected chi connectivity index (χ2v) is 5.30. The first-order valence-corrected chi connectivity index (χ1v) is 7.86. The summed E-state index contributed by atoms with van der Waals surface area (Å²) in [6, 6.07) is 5.46. The molecule has 0 unspecified atom stereocenters. The molecule has 1 aromatic rings. The number of hydrogen-bond acceptors (Lipinski definition) is 6. The lowest BCUT2D eigenvalue weighted by molar-refractivity contribution is 0.0877. The zero-order chi connectivity index (χ0) is 16.2. The van der Waals surface area contributed by atoms with Crippen LogP contribution < -0.4 is 16.8 Å². The fourth-order valence-electron chi connectivity index (χ4n) is 1.90. The third-order valence-corrected chi connectivity index (χ3v) is 3.22. The van der Waals surface area contributed by atoms with Gasteiger partial charge in [-0.15, -0.1) is 0 Å². The van der Waals surface area contributed by atoms with Gasteiger partial charge in [-0.2, -0.15) is 0 Å². The van der Waals surface area contributed by atoms with Gasteiger partial charge in [-0.25, -0.2) is 0 Å². The van der Waals surface area contributed by atoms with Crippen LogP contribution in [0.2, 0.25) is 0 Å². The van der Waals surface area contributed by atoms with Gasteiger partial charge >= 0.3 is 0 Å². The van der Waals surface area contributed by atoms with E-state index in [2.05, 4.69) is 24.2 Å². The first-order valence-electron chi connectivity index (χ1n) is 7.86. The van der Waals surface area contributed by atoms with Gasteiger partial charge in [0.1, 0.15) is 0 Å². The molecule has 0 saturated carbocycles. The van der Waals surface area contributed by atoms with E-state index < -0.39 is 0 Å². The Bertz CT molecular complexity index is 415. The van der Waals surface area contributed by atoms with Crippen molar-refractivity contribution in [2.24, 2.45) is 0 Å². The average Bonchev–Trinajstić information content (AvgIpc) is 2.49. The minimum atomic E-state index is 0.643. The third kappa shape index (κ3) is 8.07. The van der Waals surface area contributed by atoms with E-state index in [1.54, 1.807) is 6.07 Å². The maximum atomic E-state index is 5.87. The van der Waals surface area contributed by atoms with Gasteiger partial charge in [0, 0.05) is 31.9 Å². The molecule has 0 fully saturated rings. The van der Waals surface area contributed by atoms with Crippen LogP contribution >= 0.6 is 0 Å². The molecule has 0 aliphatic carbocycles.